The zero-order valence-corrected chi connectivity index (χ0v) is 11.6. The summed E-state index contributed by atoms with van der Waals surface area (Å²) >= 11 is 1.48. The van der Waals surface area contributed by atoms with Crippen LogP contribution >= 0.6 is 11.8 Å². The van der Waals surface area contributed by atoms with Crippen LogP contribution in [0.25, 0.3) is 0 Å². The van der Waals surface area contributed by atoms with E-state index in [1.807, 2.05) is 14.1 Å². The summed E-state index contributed by atoms with van der Waals surface area (Å²) in [6.45, 7) is -0.0610. The van der Waals surface area contributed by atoms with E-state index in [0.717, 1.165) is 0 Å². The Morgan fingerprint density at radius 2 is 2.53 bits per heavy atom. The Balaban J connectivity index is 2.14. The van der Waals surface area contributed by atoms with Gasteiger partial charge in [-0.25, -0.2) is 9.79 Å². The number of nitrogens with zero attached hydrogens (tertiary/aromatic N) is 4. The number of ether oxygens (including phenoxy) is 1. The van der Waals surface area contributed by atoms with Crippen molar-refractivity contribution in [2.75, 3.05) is 26.5 Å². The van der Waals surface area contributed by atoms with Crippen LogP contribution in [0.15, 0.2) is 22.1 Å². The Morgan fingerprint density at radius 3 is 3.11 bits per heavy atom. The first-order chi connectivity index (χ1) is 9.10. The largest absolute Gasteiger partial charge is 0.393 e. The van der Waals surface area contributed by atoms with Gasteiger partial charge in [0.15, 0.2) is 5.82 Å². The van der Waals surface area contributed by atoms with Crippen molar-refractivity contribution in [2.24, 2.45) is 4.99 Å². The summed E-state index contributed by atoms with van der Waals surface area (Å²) in [6, 6.07) is 1.65. The van der Waals surface area contributed by atoms with Crippen LogP contribution in [-0.2, 0) is 4.74 Å². The lowest BCUT2D eigenvalue weighted by Crippen LogP contribution is -2.28. The van der Waals surface area contributed by atoms with Crippen molar-refractivity contribution in [1.82, 2.24) is 14.5 Å². The lowest BCUT2D eigenvalue weighted by atomic mass is 10.5. The van der Waals surface area contributed by atoms with Crippen LogP contribution in [0.3, 0.4) is 0 Å². The molecule has 0 aromatic carbocycles. The third kappa shape index (κ3) is 3.55. The molecule has 19 heavy (non-hydrogen) atoms. The van der Waals surface area contributed by atoms with Gasteiger partial charge < -0.3 is 14.7 Å². The highest BCUT2D eigenvalue weighted by atomic mass is 32.2. The summed E-state index contributed by atoms with van der Waals surface area (Å²) in [7, 11) is 3.67. The second-order valence-corrected chi connectivity index (χ2v) is 5.41. The SMILES string of the molecule is CN(C)/C=N/c1ccn(C2CSC(CO)O2)c(=O)n1. The topological polar surface area (TPSA) is 80.0 Å². The van der Waals surface area contributed by atoms with Crippen molar-refractivity contribution >= 4 is 23.9 Å². The van der Waals surface area contributed by atoms with E-state index in [0.29, 0.717) is 11.6 Å². The first-order valence-corrected chi connectivity index (χ1v) is 6.83. The lowest BCUT2D eigenvalue weighted by Gasteiger charge is -2.13. The summed E-state index contributed by atoms with van der Waals surface area (Å²) in [5, 5.41) is 8.99. The van der Waals surface area contributed by atoms with E-state index in [1.54, 1.807) is 23.5 Å². The molecule has 1 N–H and O–H groups in total. The Kier molecular flexibility index (Phi) is 4.56. The zero-order chi connectivity index (χ0) is 13.8. The minimum absolute atomic E-state index is 0.0610. The van der Waals surface area contributed by atoms with Crippen LogP contribution < -0.4 is 5.69 Å². The van der Waals surface area contributed by atoms with Crippen LogP contribution in [0.1, 0.15) is 6.23 Å². The number of aliphatic imine (C=N–C) groups is 1. The highest BCUT2D eigenvalue weighted by Crippen LogP contribution is 2.30. The van der Waals surface area contributed by atoms with Crippen molar-refractivity contribution in [3.05, 3.63) is 22.7 Å². The first-order valence-electron chi connectivity index (χ1n) is 5.78. The molecule has 0 spiro atoms. The third-order valence-electron chi connectivity index (χ3n) is 2.43. The molecule has 1 aliphatic rings. The van der Waals surface area contributed by atoms with Crippen molar-refractivity contribution in [3.8, 4) is 0 Å². The number of rotatable bonds is 4. The van der Waals surface area contributed by atoms with Gasteiger partial charge in [0.1, 0.15) is 11.7 Å². The van der Waals surface area contributed by atoms with Gasteiger partial charge >= 0.3 is 5.69 Å². The predicted molar refractivity (Wildman–Crippen MR) is 73.8 cm³/mol. The van der Waals surface area contributed by atoms with Crippen LogP contribution in [0.4, 0.5) is 5.82 Å². The second kappa shape index (κ2) is 6.18. The molecule has 2 heterocycles. The van der Waals surface area contributed by atoms with Crippen LogP contribution in [0.2, 0.25) is 0 Å². The predicted octanol–water partition coefficient (Wildman–Crippen LogP) is 0.0451. The molecule has 1 aromatic rings. The monoisotopic (exact) mass is 284 g/mol. The summed E-state index contributed by atoms with van der Waals surface area (Å²) < 4.78 is 6.92. The minimum atomic E-state index is -0.405. The molecule has 2 atom stereocenters. The Labute approximate surface area is 114 Å². The van der Waals surface area contributed by atoms with E-state index in [-0.39, 0.29) is 18.3 Å². The molecule has 1 aromatic heterocycles. The first kappa shape index (κ1) is 14.0. The number of hydrogen-bond acceptors (Lipinski definition) is 6. The number of aliphatic hydroxyl groups excluding tert-OH is 1. The van der Waals surface area contributed by atoms with E-state index in [2.05, 4.69) is 9.98 Å². The Bertz CT molecular complexity index is 517. The maximum atomic E-state index is 11.9. The van der Waals surface area contributed by atoms with Gasteiger partial charge in [0.25, 0.3) is 0 Å². The molecule has 1 aliphatic heterocycles. The van der Waals surface area contributed by atoms with E-state index in [9.17, 15) is 4.79 Å². The zero-order valence-electron chi connectivity index (χ0n) is 10.8. The van der Waals surface area contributed by atoms with Crippen molar-refractivity contribution < 1.29 is 9.84 Å². The van der Waals surface area contributed by atoms with Gasteiger partial charge in [-0.2, -0.15) is 4.98 Å². The standard InChI is InChI=1S/C11H16N4O3S/c1-14(2)7-12-8-3-4-15(11(17)13-8)9-6-19-10(5-16)18-9/h3-4,7,9-10,16H,5-6H2,1-2H3/b12-7+. The number of aromatic nitrogens is 2. The van der Waals surface area contributed by atoms with Crippen molar-refractivity contribution in [1.29, 1.82) is 0 Å². The van der Waals surface area contributed by atoms with Crippen LogP contribution in [0.5, 0.6) is 0 Å². The number of aliphatic hydroxyl groups is 1. The van der Waals surface area contributed by atoms with Crippen LogP contribution in [-0.4, -0.2) is 57.8 Å². The average molecular weight is 284 g/mol. The fraction of sp³-hybridized carbons (Fsp3) is 0.545. The summed E-state index contributed by atoms with van der Waals surface area (Å²) in [5.41, 5.74) is -0.680. The fourth-order valence-electron chi connectivity index (χ4n) is 1.55. The summed E-state index contributed by atoms with van der Waals surface area (Å²) in [6.07, 6.45) is 2.81. The van der Waals surface area contributed by atoms with Gasteiger partial charge in [-0.15, -0.1) is 11.8 Å². The molecule has 1 saturated heterocycles. The van der Waals surface area contributed by atoms with Crippen LogP contribution in [0, 0.1) is 0 Å². The van der Waals surface area contributed by atoms with Gasteiger partial charge in [0, 0.05) is 26.0 Å². The average Bonchev–Trinajstić information content (AvgIpc) is 2.85. The smallest absolute Gasteiger partial charge is 0.351 e. The summed E-state index contributed by atoms with van der Waals surface area (Å²) in [4.78, 5) is 21.6. The molecular formula is C11H16N4O3S. The molecular weight excluding hydrogens is 268 g/mol. The van der Waals surface area contributed by atoms with Gasteiger partial charge in [-0.1, -0.05) is 0 Å². The summed E-state index contributed by atoms with van der Waals surface area (Å²) in [5.74, 6) is 0.979. The molecule has 7 nitrogen and oxygen atoms in total. The van der Waals surface area contributed by atoms with Gasteiger partial charge in [0.2, 0.25) is 0 Å². The normalized spacial score (nSPS) is 23.1. The van der Waals surface area contributed by atoms with Crippen molar-refractivity contribution in [3.63, 3.8) is 0 Å². The van der Waals surface area contributed by atoms with Gasteiger partial charge in [-0.05, 0) is 6.07 Å². The maximum absolute atomic E-state index is 11.9. The molecule has 0 aliphatic carbocycles. The minimum Gasteiger partial charge on any atom is -0.393 e. The molecule has 1 fully saturated rings. The van der Waals surface area contributed by atoms with E-state index >= 15 is 0 Å². The van der Waals surface area contributed by atoms with Gasteiger partial charge in [0.05, 0.1) is 12.9 Å². The molecule has 0 radical (unpaired) electrons. The van der Waals surface area contributed by atoms with E-state index in [1.165, 1.54) is 16.3 Å². The molecule has 8 heteroatoms. The number of thioether (sulfide) groups is 1. The molecule has 2 unspecified atom stereocenters. The third-order valence-corrected chi connectivity index (χ3v) is 3.54. The quantitative estimate of drug-likeness (QED) is 0.621. The molecule has 104 valence electrons. The molecule has 0 saturated carbocycles. The second-order valence-electron chi connectivity index (χ2n) is 4.22. The molecule has 2 rings (SSSR count). The highest BCUT2D eigenvalue weighted by molar-refractivity contribution is 8.00. The van der Waals surface area contributed by atoms with Crippen molar-refractivity contribution in [2.45, 2.75) is 11.7 Å². The fourth-order valence-corrected chi connectivity index (χ4v) is 2.49. The Hall–Kier alpha value is -1.38. The molecule has 0 bridgehead atoms. The number of hydrogen-bond donors (Lipinski definition) is 1. The van der Waals surface area contributed by atoms with E-state index in [4.69, 9.17) is 9.84 Å². The van der Waals surface area contributed by atoms with Gasteiger partial charge in [-0.3, -0.25) is 4.57 Å². The Morgan fingerprint density at radius 1 is 1.74 bits per heavy atom. The maximum Gasteiger partial charge on any atom is 0.351 e. The molecule has 0 amide bonds. The van der Waals surface area contributed by atoms with E-state index < -0.39 is 5.69 Å². The highest BCUT2D eigenvalue weighted by Gasteiger charge is 2.27. The lowest BCUT2D eigenvalue weighted by molar-refractivity contribution is -0.00630.